The Balaban J connectivity index is 1.93. The van der Waals surface area contributed by atoms with Crippen molar-refractivity contribution in [3.63, 3.8) is 0 Å². The Morgan fingerprint density at radius 1 is 1.28 bits per heavy atom. The monoisotopic (exact) mass is 247 g/mol. The summed E-state index contributed by atoms with van der Waals surface area (Å²) in [5.74, 6) is -0.335. The normalized spacial score (nSPS) is 19.9. The van der Waals surface area contributed by atoms with Crippen LogP contribution in [0.25, 0.3) is 11.4 Å². The molecule has 2 aromatic heterocycles. The molecule has 0 saturated carbocycles. The van der Waals surface area contributed by atoms with E-state index in [4.69, 9.17) is 4.74 Å². The van der Waals surface area contributed by atoms with E-state index in [0.717, 1.165) is 31.6 Å². The molecule has 18 heavy (non-hydrogen) atoms. The minimum absolute atomic E-state index is 0.0318. The van der Waals surface area contributed by atoms with Gasteiger partial charge in [-0.25, -0.2) is 9.07 Å². The van der Waals surface area contributed by atoms with E-state index in [0.29, 0.717) is 5.69 Å². The molecule has 0 radical (unpaired) electrons. The van der Waals surface area contributed by atoms with Crippen LogP contribution in [0.5, 0.6) is 0 Å². The highest BCUT2D eigenvalue weighted by atomic mass is 19.1. The van der Waals surface area contributed by atoms with Gasteiger partial charge in [0.25, 0.3) is 0 Å². The highest BCUT2D eigenvalue weighted by molar-refractivity contribution is 5.53. The van der Waals surface area contributed by atoms with Gasteiger partial charge in [0.1, 0.15) is 5.82 Å². The van der Waals surface area contributed by atoms with Gasteiger partial charge < -0.3 is 4.74 Å². The fraction of sp³-hybridized carbons (Fsp3) is 0.385. The summed E-state index contributed by atoms with van der Waals surface area (Å²) in [4.78, 5) is 4.08. The van der Waals surface area contributed by atoms with E-state index in [1.165, 1.54) is 12.3 Å². The standard InChI is InChI=1S/C13H14FN3O/c14-10-4-5-11(15-9-10)12-6-7-16-17(12)13-3-1-2-8-18-13/h4-7,9,13H,1-3,8H2. The summed E-state index contributed by atoms with van der Waals surface area (Å²) >= 11 is 0. The van der Waals surface area contributed by atoms with Crippen molar-refractivity contribution in [3.05, 3.63) is 36.4 Å². The molecule has 3 heterocycles. The SMILES string of the molecule is Fc1ccc(-c2ccnn2C2CCCCO2)nc1. The zero-order valence-corrected chi connectivity index (χ0v) is 9.92. The Bertz CT molecular complexity index is 517. The lowest BCUT2D eigenvalue weighted by molar-refractivity contribution is -0.0384. The van der Waals surface area contributed by atoms with Crippen LogP contribution in [0.2, 0.25) is 0 Å². The first-order chi connectivity index (χ1) is 8.84. The molecular formula is C13H14FN3O. The molecule has 4 nitrogen and oxygen atoms in total. The van der Waals surface area contributed by atoms with E-state index in [2.05, 4.69) is 10.1 Å². The number of nitrogens with zero attached hydrogens (tertiary/aromatic N) is 3. The first-order valence-electron chi connectivity index (χ1n) is 6.11. The van der Waals surface area contributed by atoms with Crippen molar-refractivity contribution in [2.75, 3.05) is 6.61 Å². The number of hydrogen-bond donors (Lipinski definition) is 0. The number of aromatic nitrogens is 3. The van der Waals surface area contributed by atoms with E-state index in [1.807, 2.05) is 10.7 Å². The predicted octanol–water partition coefficient (Wildman–Crippen LogP) is 2.78. The number of rotatable bonds is 2. The highest BCUT2D eigenvalue weighted by Crippen LogP contribution is 2.27. The molecule has 1 aliphatic rings. The fourth-order valence-corrected chi connectivity index (χ4v) is 2.19. The van der Waals surface area contributed by atoms with Crippen LogP contribution in [0.1, 0.15) is 25.5 Å². The van der Waals surface area contributed by atoms with Gasteiger partial charge in [0, 0.05) is 12.8 Å². The van der Waals surface area contributed by atoms with E-state index in [1.54, 1.807) is 12.3 Å². The Morgan fingerprint density at radius 3 is 2.94 bits per heavy atom. The number of pyridine rings is 1. The average Bonchev–Trinajstić information content (AvgIpc) is 2.90. The Kier molecular flexibility index (Phi) is 3.06. The summed E-state index contributed by atoms with van der Waals surface area (Å²) in [7, 11) is 0. The molecule has 1 atom stereocenters. The summed E-state index contributed by atoms with van der Waals surface area (Å²) in [6.07, 6.45) is 6.10. The molecule has 0 N–H and O–H groups in total. The summed E-state index contributed by atoms with van der Waals surface area (Å²) in [5.41, 5.74) is 1.57. The second-order valence-electron chi connectivity index (χ2n) is 4.34. The van der Waals surface area contributed by atoms with Crippen molar-refractivity contribution in [3.8, 4) is 11.4 Å². The van der Waals surface area contributed by atoms with E-state index in [9.17, 15) is 4.39 Å². The molecule has 0 bridgehead atoms. The molecule has 0 spiro atoms. The smallest absolute Gasteiger partial charge is 0.150 e. The van der Waals surface area contributed by atoms with E-state index >= 15 is 0 Å². The first kappa shape index (κ1) is 11.3. The minimum Gasteiger partial charge on any atom is -0.356 e. The molecule has 3 rings (SSSR count). The van der Waals surface area contributed by atoms with Gasteiger partial charge in [0.05, 0.1) is 17.6 Å². The van der Waals surface area contributed by atoms with Crippen molar-refractivity contribution in [1.82, 2.24) is 14.8 Å². The molecule has 2 aromatic rings. The largest absolute Gasteiger partial charge is 0.356 e. The molecule has 1 unspecified atom stereocenters. The van der Waals surface area contributed by atoms with Crippen LogP contribution in [0.15, 0.2) is 30.6 Å². The first-order valence-corrected chi connectivity index (χ1v) is 6.11. The Labute approximate surface area is 104 Å². The van der Waals surface area contributed by atoms with Crippen LogP contribution < -0.4 is 0 Å². The molecule has 1 fully saturated rings. The van der Waals surface area contributed by atoms with Crippen molar-refractivity contribution in [2.24, 2.45) is 0 Å². The zero-order chi connectivity index (χ0) is 12.4. The third kappa shape index (κ3) is 2.13. The third-order valence-electron chi connectivity index (χ3n) is 3.09. The van der Waals surface area contributed by atoms with Crippen LogP contribution in [0.3, 0.4) is 0 Å². The summed E-state index contributed by atoms with van der Waals surface area (Å²) in [6, 6.07) is 4.94. The molecule has 94 valence electrons. The fourth-order valence-electron chi connectivity index (χ4n) is 2.19. The topological polar surface area (TPSA) is 39.9 Å². The van der Waals surface area contributed by atoms with Crippen molar-refractivity contribution >= 4 is 0 Å². The zero-order valence-electron chi connectivity index (χ0n) is 9.92. The van der Waals surface area contributed by atoms with Crippen LogP contribution in [-0.2, 0) is 4.74 Å². The lowest BCUT2D eigenvalue weighted by atomic mass is 10.2. The Morgan fingerprint density at radius 2 is 2.22 bits per heavy atom. The van der Waals surface area contributed by atoms with E-state index < -0.39 is 0 Å². The van der Waals surface area contributed by atoms with Crippen molar-refractivity contribution < 1.29 is 9.13 Å². The van der Waals surface area contributed by atoms with Gasteiger partial charge in [-0.3, -0.25) is 4.98 Å². The van der Waals surface area contributed by atoms with Gasteiger partial charge in [-0.2, -0.15) is 5.10 Å². The maximum atomic E-state index is 12.9. The van der Waals surface area contributed by atoms with Gasteiger partial charge in [-0.15, -0.1) is 0 Å². The number of ether oxygens (including phenoxy) is 1. The summed E-state index contributed by atoms with van der Waals surface area (Å²) < 4.78 is 20.4. The Hall–Kier alpha value is -1.75. The second-order valence-corrected chi connectivity index (χ2v) is 4.34. The summed E-state index contributed by atoms with van der Waals surface area (Å²) in [5, 5.41) is 4.30. The quantitative estimate of drug-likeness (QED) is 0.819. The van der Waals surface area contributed by atoms with Crippen LogP contribution in [-0.4, -0.2) is 21.4 Å². The highest BCUT2D eigenvalue weighted by Gasteiger charge is 2.19. The number of halogens is 1. The van der Waals surface area contributed by atoms with Crippen LogP contribution in [0.4, 0.5) is 4.39 Å². The molecule has 0 aromatic carbocycles. The second kappa shape index (κ2) is 4.86. The van der Waals surface area contributed by atoms with Crippen molar-refractivity contribution in [2.45, 2.75) is 25.5 Å². The van der Waals surface area contributed by atoms with Gasteiger partial charge in [-0.1, -0.05) is 0 Å². The maximum Gasteiger partial charge on any atom is 0.150 e. The molecule has 0 aliphatic carbocycles. The van der Waals surface area contributed by atoms with Gasteiger partial charge in [0.2, 0.25) is 0 Å². The minimum atomic E-state index is -0.335. The number of hydrogen-bond acceptors (Lipinski definition) is 3. The lowest BCUT2D eigenvalue weighted by Gasteiger charge is -2.24. The maximum absolute atomic E-state index is 12.9. The molecule has 1 saturated heterocycles. The molecule has 1 aliphatic heterocycles. The van der Waals surface area contributed by atoms with Gasteiger partial charge >= 0.3 is 0 Å². The predicted molar refractivity (Wildman–Crippen MR) is 64.3 cm³/mol. The van der Waals surface area contributed by atoms with Crippen molar-refractivity contribution in [1.29, 1.82) is 0 Å². The van der Waals surface area contributed by atoms with E-state index in [-0.39, 0.29) is 12.0 Å². The van der Waals surface area contributed by atoms with Crippen LogP contribution in [0, 0.1) is 5.82 Å². The van der Waals surface area contributed by atoms with Gasteiger partial charge in [-0.05, 0) is 37.5 Å². The molecule has 5 heteroatoms. The third-order valence-corrected chi connectivity index (χ3v) is 3.09. The lowest BCUT2D eigenvalue weighted by Crippen LogP contribution is -2.20. The van der Waals surface area contributed by atoms with Gasteiger partial charge in [0.15, 0.2) is 6.23 Å². The average molecular weight is 247 g/mol. The summed E-state index contributed by atoms with van der Waals surface area (Å²) in [6.45, 7) is 0.765. The molecular weight excluding hydrogens is 233 g/mol. The molecule has 0 amide bonds. The van der Waals surface area contributed by atoms with Crippen LogP contribution >= 0.6 is 0 Å².